The van der Waals surface area contributed by atoms with Crippen LogP contribution in [0.1, 0.15) is 35.2 Å². The number of piperidine rings is 1. The summed E-state index contributed by atoms with van der Waals surface area (Å²) in [7, 11) is 1.75. The minimum atomic E-state index is -0.0972. The van der Waals surface area contributed by atoms with E-state index in [1.807, 2.05) is 53.4 Å². The van der Waals surface area contributed by atoms with E-state index in [4.69, 9.17) is 11.6 Å². The first kappa shape index (κ1) is 19.1. The molecule has 0 spiro atoms. The Kier molecular flexibility index (Phi) is 5.47. The molecule has 0 N–H and O–H groups in total. The highest BCUT2D eigenvalue weighted by molar-refractivity contribution is 8.04. The third kappa shape index (κ3) is 3.69. The molecule has 2 aromatic rings. The van der Waals surface area contributed by atoms with Gasteiger partial charge in [0.25, 0.3) is 11.8 Å². The first-order valence-corrected chi connectivity index (χ1v) is 10.6. The molecule has 6 heteroatoms. The molecule has 0 saturated carbocycles. The number of carbonyl (C=O) groups excluding carboxylic acids is 2. The fourth-order valence-electron chi connectivity index (χ4n) is 3.54. The molecule has 0 unspecified atom stereocenters. The summed E-state index contributed by atoms with van der Waals surface area (Å²) in [5.41, 5.74) is 2.22. The zero-order chi connectivity index (χ0) is 19.7. The van der Waals surface area contributed by atoms with Crippen LogP contribution < -0.4 is 4.90 Å². The van der Waals surface area contributed by atoms with Crippen molar-refractivity contribution in [2.45, 2.75) is 24.2 Å². The molecule has 4 nitrogen and oxygen atoms in total. The second-order valence-corrected chi connectivity index (χ2v) is 8.52. The maximum Gasteiger partial charge on any atom is 0.264 e. The predicted octanol–water partition coefficient (Wildman–Crippen LogP) is 5.08. The molecule has 0 bridgehead atoms. The third-order valence-corrected chi connectivity index (χ3v) is 6.56. The van der Waals surface area contributed by atoms with Gasteiger partial charge in [-0.05, 0) is 55.2 Å². The molecular formula is C22H21ClN2O2S. The van der Waals surface area contributed by atoms with Gasteiger partial charge in [0.15, 0.2) is 0 Å². The molecule has 2 aromatic carbocycles. The SMILES string of the molecule is CN1C(=O)/C(=C/c2ccccc2Cl)Sc2ccc(C(=O)N3CCCCC3)cc21. The molecule has 28 heavy (non-hydrogen) atoms. The standard InChI is InChI=1S/C22H21ClN2O2S/c1-24-18-13-16(21(26)25-11-5-2-6-12-25)9-10-19(18)28-20(22(24)27)14-15-7-3-4-8-17(15)23/h3-4,7-10,13-14H,2,5-6,11-12H2,1H3/b20-14-. The van der Waals surface area contributed by atoms with Gasteiger partial charge in [-0.15, -0.1) is 0 Å². The highest BCUT2D eigenvalue weighted by Gasteiger charge is 2.28. The Labute approximate surface area is 174 Å². The van der Waals surface area contributed by atoms with Crippen LogP contribution in [0.4, 0.5) is 5.69 Å². The first-order valence-electron chi connectivity index (χ1n) is 9.40. The highest BCUT2D eigenvalue weighted by Crippen LogP contribution is 2.42. The Balaban J connectivity index is 1.63. The fourth-order valence-corrected chi connectivity index (χ4v) is 4.81. The van der Waals surface area contributed by atoms with Gasteiger partial charge in [-0.25, -0.2) is 0 Å². The molecular weight excluding hydrogens is 392 g/mol. The zero-order valence-electron chi connectivity index (χ0n) is 15.7. The number of anilines is 1. The maximum absolute atomic E-state index is 12.9. The Morgan fingerprint density at radius 2 is 1.86 bits per heavy atom. The van der Waals surface area contributed by atoms with Gasteiger partial charge in [-0.2, -0.15) is 0 Å². The van der Waals surface area contributed by atoms with Crippen molar-refractivity contribution in [2.75, 3.05) is 25.0 Å². The van der Waals surface area contributed by atoms with Crippen molar-refractivity contribution < 1.29 is 9.59 Å². The van der Waals surface area contributed by atoms with Crippen LogP contribution in [0.25, 0.3) is 6.08 Å². The van der Waals surface area contributed by atoms with Crippen LogP contribution >= 0.6 is 23.4 Å². The number of nitrogens with zero attached hydrogens (tertiary/aromatic N) is 2. The summed E-state index contributed by atoms with van der Waals surface area (Å²) in [5.74, 6) is -0.0502. The topological polar surface area (TPSA) is 40.6 Å². The molecule has 0 atom stereocenters. The number of fused-ring (bicyclic) bond motifs is 1. The molecule has 0 radical (unpaired) electrons. The van der Waals surface area contributed by atoms with E-state index in [9.17, 15) is 9.59 Å². The number of benzene rings is 2. The summed E-state index contributed by atoms with van der Waals surface area (Å²) >= 11 is 7.65. The molecule has 1 fully saturated rings. The number of thioether (sulfide) groups is 1. The number of likely N-dealkylation sites (N-methyl/N-ethyl adjacent to an activating group) is 1. The summed E-state index contributed by atoms with van der Waals surface area (Å²) in [4.78, 5) is 30.8. The molecule has 2 aliphatic heterocycles. The van der Waals surface area contributed by atoms with Gasteiger partial charge in [0, 0.05) is 35.6 Å². The Bertz CT molecular complexity index is 967. The number of rotatable bonds is 2. The summed E-state index contributed by atoms with van der Waals surface area (Å²) in [5, 5.41) is 0.610. The normalized spacial score (nSPS) is 18.4. The molecule has 2 amide bonds. The number of likely N-dealkylation sites (tertiary alicyclic amines) is 1. The number of halogens is 1. The highest BCUT2D eigenvalue weighted by atomic mass is 35.5. The molecule has 4 rings (SSSR count). The summed E-state index contributed by atoms with van der Waals surface area (Å²) in [6.07, 6.45) is 5.12. The van der Waals surface area contributed by atoms with Gasteiger partial charge in [0.05, 0.1) is 10.6 Å². The Morgan fingerprint density at radius 3 is 2.61 bits per heavy atom. The minimum absolute atomic E-state index is 0.0470. The van der Waals surface area contributed by atoms with Crippen molar-refractivity contribution in [2.24, 2.45) is 0 Å². The van der Waals surface area contributed by atoms with Crippen molar-refractivity contribution in [1.29, 1.82) is 0 Å². The minimum Gasteiger partial charge on any atom is -0.339 e. The van der Waals surface area contributed by atoms with E-state index in [0.717, 1.165) is 42.1 Å². The van der Waals surface area contributed by atoms with Crippen molar-refractivity contribution in [3.63, 3.8) is 0 Å². The zero-order valence-corrected chi connectivity index (χ0v) is 17.2. The van der Waals surface area contributed by atoms with Crippen molar-refractivity contribution >= 4 is 46.9 Å². The van der Waals surface area contributed by atoms with E-state index >= 15 is 0 Å². The average Bonchev–Trinajstić information content (AvgIpc) is 2.73. The smallest absolute Gasteiger partial charge is 0.264 e. The lowest BCUT2D eigenvalue weighted by Crippen LogP contribution is -2.36. The van der Waals surface area contributed by atoms with Gasteiger partial charge >= 0.3 is 0 Å². The summed E-state index contributed by atoms with van der Waals surface area (Å²) in [6, 6.07) is 13.1. The van der Waals surface area contributed by atoms with Crippen molar-refractivity contribution in [1.82, 2.24) is 4.90 Å². The van der Waals surface area contributed by atoms with Crippen LogP contribution in [-0.4, -0.2) is 36.9 Å². The molecule has 0 aromatic heterocycles. The predicted molar refractivity (Wildman–Crippen MR) is 115 cm³/mol. The Hall–Kier alpha value is -2.24. The molecule has 2 aliphatic rings. The lowest BCUT2D eigenvalue weighted by Gasteiger charge is -2.29. The molecule has 0 aliphatic carbocycles. The fraction of sp³-hybridized carbons (Fsp3) is 0.273. The van der Waals surface area contributed by atoms with E-state index in [-0.39, 0.29) is 11.8 Å². The monoisotopic (exact) mass is 412 g/mol. The quantitative estimate of drug-likeness (QED) is 0.646. The summed E-state index contributed by atoms with van der Waals surface area (Å²) < 4.78 is 0. The van der Waals surface area contributed by atoms with E-state index in [2.05, 4.69) is 0 Å². The van der Waals surface area contributed by atoms with E-state index in [1.54, 1.807) is 11.9 Å². The maximum atomic E-state index is 12.9. The van der Waals surface area contributed by atoms with Crippen LogP contribution in [0.5, 0.6) is 0 Å². The number of hydrogen-bond donors (Lipinski definition) is 0. The number of hydrogen-bond acceptors (Lipinski definition) is 3. The number of carbonyl (C=O) groups is 2. The first-order chi connectivity index (χ1) is 13.5. The second kappa shape index (κ2) is 8.02. The molecule has 2 heterocycles. The Morgan fingerprint density at radius 1 is 1.11 bits per heavy atom. The van der Waals surface area contributed by atoms with E-state index < -0.39 is 0 Å². The van der Waals surface area contributed by atoms with E-state index in [0.29, 0.717) is 15.5 Å². The second-order valence-electron chi connectivity index (χ2n) is 7.03. The van der Waals surface area contributed by atoms with Crippen LogP contribution in [-0.2, 0) is 4.79 Å². The van der Waals surface area contributed by atoms with Crippen LogP contribution in [0, 0.1) is 0 Å². The van der Waals surface area contributed by atoms with Crippen LogP contribution in [0.3, 0.4) is 0 Å². The van der Waals surface area contributed by atoms with Crippen molar-refractivity contribution in [3.8, 4) is 0 Å². The largest absolute Gasteiger partial charge is 0.339 e. The van der Waals surface area contributed by atoms with Gasteiger partial charge in [-0.1, -0.05) is 41.6 Å². The lowest BCUT2D eigenvalue weighted by atomic mass is 10.1. The van der Waals surface area contributed by atoms with Gasteiger partial charge in [-0.3, -0.25) is 9.59 Å². The van der Waals surface area contributed by atoms with Gasteiger partial charge in [0.1, 0.15) is 0 Å². The summed E-state index contributed by atoms with van der Waals surface area (Å²) in [6.45, 7) is 1.62. The lowest BCUT2D eigenvalue weighted by molar-refractivity contribution is -0.114. The van der Waals surface area contributed by atoms with Gasteiger partial charge in [0.2, 0.25) is 0 Å². The van der Waals surface area contributed by atoms with E-state index in [1.165, 1.54) is 18.2 Å². The average molecular weight is 413 g/mol. The van der Waals surface area contributed by atoms with Crippen LogP contribution in [0.2, 0.25) is 5.02 Å². The van der Waals surface area contributed by atoms with Gasteiger partial charge < -0.3 is 9.80 Å². The number of amides is 2. The molecule has 144 valence electrons. The third-order valence-electron chi connectivity index (χ3n) is 5.14. The van der Waals surface area contributed by atoms with Crippen LogP contribution in [0.15, 0.2) is 52.3 Å². The van der Waals surface area contributed by atoms with Crippen molar-refractivity contribution in [3.05, 3.63) is 63.5 Å². The molecule has 1 saturated heterocycles.